The molecule has 98 valence electrons. The molecule has 0 aromatic heterocycles. The summed E-state index contributed by atoms with van der Waals surface area (Å²) in [5.41, 5.74) is 0. The molecule has 3 atom stereocenters. The Hall–Kier alpha value is -1.07. The molecule has 2 fully saturated rings. The van der Waals surface area contributed by atoms with Gasteiger partial charge in [0.05, 0.1) is 4.90 Å². The van der Waals surface area contributed by atoms with Gasteiger partial charge < -0.3 is 5.11 Å². The normalized spacial score (nSPS) is 30.8. The SMILES string of the molecule is O=S(=O)(NC1CC2CCC1C2)c1ccc(O)cc1. The Bertz CT molecular complexity index is 538. The lowest BCUT2D eigenvalue weighted by Crippen LogP contribution is -2.38. The summed E-state index contributed by atoms with van der Waals surface area (Å²) in [6.07, 6.45) is 4.54. The summed E-state index contributed by atoms with van der Waals surface area (Å²) in [5.74, 6) is 1.30. The number of benzene rings is 1. The standard InChI is InChI=1S/C13H17NO3S/c15-11-3-5-12(6-4-11)18(16,17)14-13-8-9-1-2-10(13)7-9/h3-6,9-10,13-15H,1-2,7-8H2. The molecule has 2 N–H and O–H groups in total. The van der Waals surface area contributed by atoms with Crippen molar-refractivity contribution in [3.05, 3.63) is 24.3 Å². The zero-order valence-electron chi connectivity index (χ0n) is 10.0. The summed E-state index contributed by atoms with van der Waals surface area (Å²) < 4.78 is 27.2. The van der Waals surface area contributed by atoms with Crippen molar-refractivity contribution in [2.45, 2.75) is 36.6 Å². The molecule has 4 nitrogen and oxygen atoms in total. The molecular weight excluding hydrogens is 250 g/mol. The molecule has 3 rings (SSSR count). The van der Waals surface area contributed by atoms with Crippen molar-refractivity contribution in [3.8, 4) is 5.75 Å². The summed E-state index contributed by atoms with van der Waals surface area (Å²) in [5, 5.41) is 9.18. The lowest BCUT2D eigenvalue weighted by Gasteiger charge is -2.22. The number of aromatic hydroxyl groups is 1. The Morgan fingerprint density at radius 1 is 1.11 bits per heavy atom. The second-order valence-electron chi connectivity index (χ2n) is 5.40. The summed E-state index contributed by atoms with van der Waals surface area (Å²) in [6, 6.07) is 5.77. The van der Waals surface area contributed by atoms with E-state index in [1.54, 1.807) is 0 Å². The molecule has 2 aliphatic rings. The van der Waals surface area contributed by atoms with E-state index in [2.05, 4.69) is 4.72 Å². The Balaban J connectivity index is 1.77. The van der Waals surface area contributed by atoms with Crippen molar-refractivity contribution < 1.29 is 13.5 Å². The highest BCUT2D eigenvalue weighted by Crippen LogP contribution is 2.44. The minimum absolute atomic E-state index is 0.0777. The third-order valence-electron chi connectivity index (χ3n) is 4.19. The predicted octanol–water partition coefficient (Wildman–Crippen LogP) is 1.86. The number of fused-ring (bicyclic) bond motifs is 2. The molecule has 0 saturated heterocycles. The van der Waals surface area contributed by atoms with E-state index in [9.17, 15) is 13.5 Å². The molecule has 5 heteroatoms. The van der Waals surface area contributed by atoms with Crippen molar-refractivity contribution in [1.82, 2.24) is 4.72 Å². The quantitative estimate of drug-likeness (QED) is 0.878. The smallest absolute Gasteiger partial charge is 0.240 e. The largest absolute Gasteiger partial charge is 0.508 e. The second-order valence-corrected chi connectivity index (χ2v) is 7.11. The third-order valence-corrected chi connectivity index (χ3v) is 5.70. The van der Waals surface area contributed by atoms with Gasteiger partial charge in [-0.05, 0) is 55.4 Å². The van der Waals surface area contributed by atoms with Crippen molar-refractivity contribution >= 4 is 10.0 Å². The first-order valence-corrected chi connectivity index (χ1v) is 7.84. The molecule has 0 radical (unpaired) electrons. The first-order chi connectivity index (χ1) is 8.54. The highest BCUT2D eigenvalue weighted by atomic mass is 32.2. The van der Waals surface area contributed by atoms with Crippen LogP contribution in [0.25, 0.3) is 0 Å². The van der Waals surface area contributed by atoms with Gasteiger partial charge in [-0.1, -0.05) is 6.42 Å². The van der Waals surface area contributed by atoms with Gasteiger partial charge in [0.1, 0.15) is 5.75 Å². The zero-order chi connectivity index (χ0) is 12.8. The third kappa shape index (κ3) is 2.12. The summed E-state index contributed by atoms with van der Waals surface area (Å²) in [4.78, 5) is 0.225. The Kier molecular flexibility index (Phi) is 2.83. The topological polar surface area (TPSA) is 66.4 Å². The Morgan fingerprint density at radius 2 is 1.83 bits per heavy atom. The number of rotatable bonds is 3. The zero-order valence-corrected chi connectivity index (χ0v) is 10.9. The van der Waals surface area contributed by atoms with Crippen LogP contribution in [-0.2, 0) is 10.0 Å². The van der Waals surface area contributed by atoms with Gasteiger partial charge in [-0.15, -0.1) is 0 Å². The van der Waals surface area contributed by atoms with E-state index < -0.39 is 10.0 Å². The maximum atomic E-state index is 12.2. The maximum Gasteiger partial charge on any atom is 0.240 e. The van der Waals surface area contributed by atoms with Crippen LogP contribution in [-0.4, -0.2) is 19.6 Å². The van der Waals surface area contributed by atoms with Crippen LogP contribution in [0.3, 0.4) is 0 Å². The molecule has 0 heterocycles. The predicted molar refractivity (Wildman–Crippen MR) is 67.7 cm³/mol. The molecule has 0 aliphatic heterocycles. The van der Waals surface area contributed by atoms with Gasteiger partial charge in [0.25, 0.3) is 0 Å². The van der Waals surface area contributed by atoms with Gasteiger partial charge in [-0.2, -0.15) is 0 Å². The first kappa shape index (κ1) is 12.0. The van der Waals surface area contributed by atoms with Gasteiger partial charge in [0, 0.05) is 6.04 Å². The number of hydrogen-bond acceptors (Lipinski definition) is 3. The van der Waals surface area contributed by atoms with Crippen LogP contribution in [0.4, 0.5) is 0 Å². The van der Waals surface area contributed by atoms with E-state index in [0.29, 0.717) is 11.8 Å². The fourth-order valence-electron chi connectivity index (χ4n) is 3.28. The lowest BCUT2D eigenvalue weighted by molar-refractivity contribution is 0.390. The second kappa shape index (κ2) is 4.24. The van der Waals surface area contributed by atoms with Crippen LogP contribution in [0, 0.1) is 11.8 Å². The van der Waals surface area contributed by atoms with Crippen molar-refractivity contribution in [2.24, 2.45) is 11.8 Å². The average molecular weight is 267 g/mol. The molecule has 0 amide bonds. The molecule has 1 aromatic carbocycles. The van der Waals surface area contributed by atoms with Gasteiger partial charge in [0.2, 0.25) is 10.0 Å². The molecule has 1 aromatic rings. The minimum atomic E-state index is -3.44. The Morgan fingerprint density at radius 3 is 2.39 bits per heavy atom. The van der Waals surface area contributed by atoms with Crippen LogP contribution in [0.1, 0.15) is 25.7 Å². The van der Waals surface area contributed by atoms with Crippen LogP contribution >= 0.6 is 0 Å². The average Bonchev–Trinajstić information content (AvgIpc) is 2.91. The maximum absolute atomic E-state index is 12.2. The summed E-state index contributed by atoms with van der Waals surface area (Å²) >= 11 is 0. The Labute approximate surface area is 107 Å². The van der Waals surface area contributed by atoms with E-state index in [-0.39, 0.29) is 16.7 Å². The van der Waals surface area contributed by atoms with Gasteiger partial charge in [0.15, 0.2) is 0 Å². The number of phenols is 1. The first-order valence-electron chi connectivity index (χ1n) is 6.36. The fourth-order valence-corrected chi connectivity index (χ4v) is 4.60. The van der Waals surface area contributed by atoms with Crippen LogP contribution in [0.2, 0.25) is 0 Å². The molecule has 2 aliphatic carbocycles. The van der Waals surface area contributed by atoms with Gasteiger partial charge in [-0.3, -0.25) is 0 Å². The molecule has 2 saturated carbocycles. The highest BCUT2D eigenvalue weighted by Gasteiger charge is 2.41. The molecule has 3 unspecified atom stereocenters. The van der Waals surface area contributed by atoms with Crippen molar-refractivity contribution in [1.29, 1.82) is 0 Å². The lowest BCUT2D eigenvalue weighted by atomic mass is 9.96. The monoisotopic (exact) mass is 267 g/mol. The van der Waals surface area contributed by atoms with Crippen LogP contribution < -0.4 is 4.72 Å². The van der Waals surface area contributed by atoms with E-state index in [0.717, 1.165) is 12.8 Å². The van der Waals surface area contributed by atoms with E-state index in [1.807, 2.05) is 0 Å². The number of sulfonamides is 1. The van der Waals surface area contributed by atoms with Crippen molar-refractivity contribution in [3.63, 3.8) is 0 Å². The van der Waals surface area contributed by atoms with E-state index in [4.69, 9.17) is 0 Å². The highest BCUT2D eigenvalue weighted by molar-refractivity contribution is 7.89. The number of phenolic OH excluding ortho intramolecular Hbond substituents is 1. The minimum Gasteiger partial charge on any atom is -0.508 e. The molecule has 0 spiro atoms. The molecular formula is C13H17NO3S. The number of nitrogens with one attached hydrogen (secondary N) is 1. The van der Waals surface area contributed by atoms with E-state index >= 15 is 0 Å². The number of hydrogen-bond donors (Lipinski definition) is 2. The van der Waals surface area contributed by atoms with Crippen molar-refractivity contribution in [2.75, 3.05) is 0 Å². The summed E-state index contributed by atoms with van der Waals surface area (Å²) in [7, 11) is -3.44. The molecule has 2 bridgehead atoms. The summed E-state index contributed by atoms with van der Waals surface area (Å²) in [6.45, 7) is 0. The van der Waals surface area contributed by atoms with Gasteiger partial charge in [-0.25, -0.2) is 13.1 Å². The van der Waals surface area contributed by atoms with Crippen LogP contribution in [0.5, 0.6) is 5.75 Å². The van der Waals surface area contributed by atoms with Crippen LogP contribution in [0.15, 0.2) is 29.2 Å². The molecule has 18 heavy (non-hydrogen) atoms. The fraction of sp³-hybridized carbons (Fsp3) is 0.538. The van der Waals surface area contributed by atoms with Gasteiger partial charge >= 0.3 is 0 Å². The van der Waals surface area contributed by atoms with E-state index in [1.165, 1.54) is 37.1 Å².